The summed E-state index contributed by atoms with van der Waals surface area (Å²) in [5, 5.41) is 30.7. The van der Waals surface area contributed by atoms with Crippen LogP contribution < -0.4 is 0 Å². The lowest BCUT2D eigenvalue weighted by Gasteiger charge is -2.41. The minimum atomic E-state index is -5.07. The van der Waals surface area contributed by atoms with E-state index in [4.69, 9.17) is 18.9 Å². The fraction of sp³-hybridized carbons (Fsp3) is 0.792. The average molecular weight is 955 g/mol. The smallest absolute Gasteiger partial charge is 0.397 e. The molecule has 1 heterocycles. The topological polar surface area (TPSA) is 178 Å². The van der Waals surface area contributed by atoms with Crippen LogP contribution in [0.3, 0.4) is 0 Å². The van der Waals surface area contributed by atoms with Gasteiger partial charge in [0.1, 0.15) is 30.5 Å². The summed E-state index contributed by atoms with van der Waals surface area (Å²) in [6, 6.07) is 0. The largest absolute Gasteiger partial charge is 0.457 e. The van der Waals surface area contributed by atoms with Crippen molar-refractivity contribution < 1.29 is 56.2 Å². The number of hydrogen-bond donors (Lipinski definition) is 4. The van der Waals surface area contributed by atoms with Crippen molar-refractivity contribution in [2.75, 3.05) is 26.4 Å². The molecule has 6 atom stereocenters. The molecule has 0 saturated carbocycles. The molecule has 1 rings (SSSR count). The van der Waals surface area contributed by atoms with Crippen LogP contribution in [0.1, 0.15) is 206 Å². The number of aliphatic hydroxyl groups excluding tert-OH is 3. The lowest BCUT2D eigenvalue weighted by molar-refractivity contribution is -0.301. The maximum absolute atomic E-state index is 12.9. The molecule has 0 spiro atoms. The van der Waals surface area contributed by atoms with E-state index in [0.717, 1.165) is 57.8 Å². The summed E-state index contributed by atoms with van der Waals surface area (Å²) in [6.07, 6.45) is 47.0. The van der Waals surface area contributed by atoms with Crippen molar-refractivity contribution in [3.05, 3.63) is 60.8 Å². The highest BCUT2D eigenvalue weighted by atomic mass is 32.3. The third kappa shape index (κ3) is 36.8. The first-order valence-electron chi connectivity index (χ1n) is 26.0. The molecule has 1 aliphatic rings. The van der Waals surface area contributed by atoms with Crippen molar-refractivity contribution in [3.8, 4) is 0 Å². The van der Waals surface area contributed by atoms with Gasteiger partial charge in [0.05, 0.1) is 19.8 Å². The molecule has 6 unspecified atom stereocenters. The van der Waals surface area contributed by atoms with Crippen molar-refractivity contribution in [1.29, 1.82) is 0 Å². The van der Waals surface area contributed by atoms with Crippen molar-refractivity contribution >= 4 is 16.4 Å². The van der Waals surface area contributed by atoms with Crippen LogP contribution >= 0.6 is 0 Å². The maximum atomic E-state index is 12.9. The zero-order valence-electron chi connectivity index (χ0n) is 41.2. The Morgan fingerprint density at radius 2 is 1.05 bits per heavy atom. The summed E-state index contributed by atoms with van der Waals surface area (Å²) in [5.41, 5.74) is 0. The number of unbranched alkanes of at least 4 members (excludes halogenated alkanes) is 22. The van der Waals surface area contributed by atoms with Gasteiger partial charge in [0.2, 0.25) is 0 Å². The molecule has 384 valence electrons. The molecular weight excluding hydrogens is 861 g/mol. The summed E-state index contributed by atoms with van der Waals surface area (Å²) in [7, 11) is -5.07. The molecule has 1 aliphatic heterocycles. The first-order chi connectivity index (χ1) is 32.1. The van der Waals surface area contributed by atoms with E-state index in [1.165, 1.54) is 122 Å². The summed E-state index contributed by atoms with van der Waals surface area (Å²) < 4.78 is 59.2. The molecule has 66 heavy (non-hydrogen) atoms. The molecular formula is C53H94O12S. The number of carbonyl (C=O) groups excluding carboxylic acids is 1. The number of aliphatic hydroxyl groups is 3. The Labute approximate surface area is 401 Å². The monoisotopic (exact) mass is 955 g/mol. The molecule has 0 aromatic heterocycles. The Morgan fingerprint density at radius 3 is 1.55 bits per heavy atom. The molecule has 12 nitrogen and oxygen atoms in total. The van der Waals surface area contributed by atoms with Gasteiger partial charge in [-0.3, -0.25) is 9.35 Å². The molecule has 0 amide bonds. The van der Waals surface area contributed by atoms with Gasteiger partial charge in [-0.1, -0.05) is 184 Å². The summed E-state index contributed by atoms with van der Waals surface area (Å²) in [5.74, 6) is -0.439. The number of rotatable bonds is 45. The average Bonchev–Trinajstić information content (AvgIpc) is 3.29. The van der Waals surface area contributed by atoms with E-state index in [0.29, 0.717) is 13.0 Å². The molecule has 13 heteroatoms. The number of allylic oxidation sites excluding steroid dienone is 10. The van der Waals surface area contributed by atoms with E-state index >= 15 is 0 Å². The molecule has 1 fully saturated rings. The third-order valence-corrected chi connectivity index (χ3v) is 12.1. The van der Waals surface area contributed by atoms with Gasteiger partial charge in [0.25, 0.3) is 0 Å². The molecule has 1 saturated heterocycles. The molecule has 0 bridgehead atoms. The van der Waals surface area contributed by atoms with Crippen molar-refractivity contribution in [3.63, 3.8) is 0 Å². The van der Waals surface area contributed by atoms with E-state index in [1.54, 1.807) is 0 Å². The molecule has 0 aromatic rings. The van der Waals surface area contributed by atoms with Gasteiger partial charge >= 0.3 is 16.4 Å². The van der Waals surface area contributed by atoms with Gasteiger partial charge in [-0.05, 0) is 77.0 Å². The highest BCUT2D eigenvalue weighted by Gasteiger charge is 2.48. The van der Waals surface area contributed by atoms with E-state index in [2.05, 4.69) is 78.8 Å². The zero-order chi connectivity index (χ0) is 48.2. The van der Waals surface area contributed by atoms with Crippen LogP contribution in [0.25, 0.3) is 0 Å². The molecule has 4 N–H and O–H groups in total. The predicted molar refractivity (Wildman–Crippen MR) is 266 cm³/mol. The van der Waals surface area contributed by atoms with Crippen LogP contribution in [0.4, 0.5) is 0 Å². The fourth-order valence-corrected chi connectivity index (χ4v) is 8.23. The van der Waals surface area contributed by atoms with Gasteiger partial charge in [-0.25, -0.2) is 4.18 Å². The summed E-state index contributed by atoms with van der Waals surface area (Å²) >= 11 is 0. The SMILES string of the molecule is CC/C=C\C/C=C\C/C=C\C/C=C\CCCCC(=O)OC(COCCCCCCCCCCCCCC/C=C\CCCCCCCCCC)COC1OC(CO)C(O)C(OS(=O)(=O)O)C1O. The lowest BCUT2D eigenvalue weighted by Crippen LogP contribution is -2.60. The van der Waals surface area contributed by atoms with E-state index < -0.39 is 59.8 Å². The minimum Gasteiger partial charge on any atom is -0.457 e. The van der Waals surface area contributed by atoms with Crippen LogP contribution in [0, 0.1) is 0 Å². The standard InChI is InChI=1S/C53H94O12S/c1-3-5-7-9-11-13-15-17-19-20-21-22-23-24-25-26-27-29-31-33-35-37-39-41-43-61-45-47(46-62-53-51(57)52(65-66(58,59)60)50(56)48(44-54)64-53)63-49(55)42-40-38-36-34-32-30-28-18-16-14-12-10-8-6-4-2/h6,8,12,14,18,20-21,28,32,34,47-48,50-54,56-57H,3-5,7,9-11,13,15-17,19,22-27,29-31,33,35-46H2,1-2H3,(H,58,59,60)/b8-6-,14-12-,21-20-,28-18-,34-32-. The van der Waals surface area contributed by atoms with E-state index in [1.807, 2.05) is 0 Å². The Kier molecular flexibility index (Phi) is 41.2. The third-order valence-electron chi connectivity index (χ3n) is 11.6. The van der Waals surface area contributed by atoms with Crippen LogP contribution in [-0.4, -0.2) is 97.5 Å². The van der Waals surface area contributed by atoms with Gasteiger partial charge in [-0.15, -0.1) is 0 Å². The van der Waals surface area contributed by atoms with Crippen molar-refractivity contribution in [2.24, 2.45) is 0 Å². The highest BCUT2D eigenvalue weighted by Crippen LogP contribution is 2.26. The molecule has 0 aliphatic carbocycles. The van der Waals surface area contributed by atoms with Crippen LogP contribution in [0.2, 0.25) is 0 Å². The summed E-state index contributed by atoms with van der Waals surface area (Å²) in [6.45, 7) is 3.83. The number of carbonyl (C=O) groups is 1. The van der Waals surface area contributed by atoms with Gasteiger partial charge in [0.15, 0.2) is 6.29 Å². The van der Waals surface area contributed by atoms with E-state index in [9.17, 15) is 33.1 Å². The van der Waals surface area contributed by atoms with Gasteiger partial charge in [-0.2, -0.15) is 8.42 Å². The van der Waals surface area contributed by atoms with Crippen molar-refractivity contribution in [1.82, 2.24) is 0 Å². The Hall–Kier alpha value is -2.20. The normalized spacial score (nSPS) is 20.0. The Morgan fingerprint density at radius 1 is 0.591 bits per heavy atom. The second-order valence-electron chi connectivity index (χ2n) is 17.7. The van der Waals surface area contributed by atoms with Crippen LogP contribution in [-0.2, 0) is 38.3 Å². The second-order valence-corrected chi connectivity index (χ2v) is 18.8. The van der Waals surface area contributed by atoms with Crippen LogP contribution in [0.15, 0.2) is 60.8 Å². The molecule has 0 radical (unpaired) electrons. The number of esters is 1. The van der Waals surface area contributed by atoms with Crippen molar-refractivity contribution in [2.45, 2.75) is 243 Å². The minimum absolute atomic E-state index is 0.0174. The predicted octanol–water partition coefficient (Wildman–Crippen LogP) is 12.1. The summed E-state index contributed by atoms with van der Waals surface area (Å²) in [4.78, 5) is 12.9. The second kappa shape index (κ2) is 44.0. The van der Waals surface area contributed by atoms with Crippen LogP contribution in [0.5, 0.6) is 0 Å². The Bertz CT molecular complexity index is 1380. The van der Waals surface area contributed by atoms with Gasteiger partial charge in [0, 0.05) is 13.0 Å². The first-order valence-corrected chi connectivity index (χ1v) is 27.4. The highest BCUT2D eigenvalue weighted by molar-refractivity contribution is 7.80. The quantitative estimate of drug-likeness (QED) is 0.0197. The lowest BCUT2D eigenvalue weighted by atomic mass is 9.99. The number of hydrogen-bond acceptors (Lipinski definition) is 11. The first kappa shape index (κ1) is 61.8. The van der Waals surface area contributed by atoms with E-state index in [-0.39, 0.29) is 19.6 Å². The maximum Gasteiger partial charge on any atom is 0.397 e. The zero-order valence-corrected chi connectivity index (χ0v) is 42.1. The fourth-order valence-electron chi connectivity index (χ4n) is 7.72. The van der Waals surface area contributed by atoms with Gasteiger partial charge < -0.3 is 34.3 Å². The number of ether oxygens (including phenoxy) is 4. The Balaban J connectivity index is 2.34. The molecule has 0 aromatic carbocycles.